The molecule has 0 unspecified atom stereocenters. The number of aromatic nitrogens is 3. The van der Waals surface area contributed by atoms with E-state index < -0.39 is 0 Å². The van der Waals surface area contributed by atoms with Crippen molar-refractivity contribution < 1.29 is 4.52 Å². The summed E-state index contributed by atoms with van der Waals surface area (Å²) in [5.41, 5.74) is 3.23. The lowest BCUT2D eigenvalue weighted by atomic mass is 10.2. The Morgan fingerprint density at radius 1 is 1.25 bits per heavy atom. The number of nitrogens with zero attached hydrogens (tertiary/aromatic N) is 3. The van der Waals surface area contributed by atoms with Crippen molar-refractivity contribution in [3.63, 3.8) is 0 Å². The molecule has 0 radical (unpaired) electrons. The van der Waals surface area contributed by atoms with E-state index in [2.05, 4.69) is 26.8 Å². The molecule has 20 heavy (non-hydrogen) atoms. The molecule has 0 saturated heterocycles. The monoisotopic (exact) mass is 285 g/mol. The van der Waals surface area contributed by atoms with Crippen molar-refractivity contribution in [3.05, 3.63) is 54.0 Å². The van der Waals surface area contributed by atoms with E-state index in [1.165, 1.54) is 5.56 Å². The predicted molar refractivity (Wildman–Crippen MR) is 79.4 cm³/mol. The molecule has 0 N–H and O–H groups in total. The van der Waals surface area contributed by atoms with Crippen molar-refractivity contribution in [2.45, 2.75) is 17.8 Å². The number of rotatable bonds is 4. The molecule has 0 atom stereocenters. The summed E-state index contributed by atoms with van der Waals surface area (Å²) in [7, 11) is 2.03. The van der Waals surface area contributed by atoms with E-state index in [0.29, 0.717) is 0 Å². The fraction of sp³-hybridized carbons (Fsp3) is 0.200. The van der Waals surface area contributed by atoms with Crippen LogP contribution in [0.4, 0.5) is 0 Å². The van der Waals surface area contributed by atoms with Gasteiger partial charge in [0.15, 0.2) is 5.16 Å². The first-order chi connectivity index (χ1) is 9.74. The molecule has 2 heterocycles. The molecule has 2 aromatic heterocycles. The number of hydrogen-bond donors (Lipinski definition) is 0. The molecule has 0 bridgehead atoms. The fourth-order valence-electron chi connectivity index (χ4n) is 2.03. The van der Waals surface area contributed by atoms with Gasteiger partial charge in [-0.25, -0.2) is 4.98 Å². The molecule has 0 saturated carbocycles. The number of thioether (sulfide) groups is 1. The van der Waals surface area contributed by atoms with Crippen LogP contribution in [0, 0.1) is 6.92 Å². The second kappa shape index (κ2) is 5.54. The van der Waals surface area contributed by atoms with Crippen LogP contribution >= 0.6 is 11.8 Å². The highest BCUT2D eigenvalue weighted by atomic mass is 32.2. The molecule has 0 fully saturated rings. The zero-order chi connectivity index (χ0) is 13.9. The van der Waals surface area contributed by atoms with Crippen LogP contribution in [0.3, 0.4) is 0 Å². The Hall–Kier alpha value is -2.01. The van der Waals surface area contributed by atoms with E-state index in [1.807, 2.05) is 44.4 Å². The Balaban J connectivity index is 1.77. The molecule has 3 rings (SSSR count). The van der Waals surface area contributed by atoms with Crippen molar-refractivity contribution in [2.75, 3.05) is 0 Å². The van der Waals surface area contributed by atoms with Gasteiger partial charge in [0, 0.05) is 18.9 Å². The SMILES string of the molecule is Cc1cc(CSc2ncc(-c3ccccc3)n2C)no1. The van der Waals surface area contributed by atoms with Gasteiger partial charge in [0.25, 0.3) is 0 Å². The first-order valence-electron chi connectivity index (χ1n) is 6.36. The molecule has 1 aromatic carbocycles. The smallest absolute Gasteiger partial charge is 0.168 e. The Morgan fingerprint density at radius 3 is 2.75 bits per heavy atom. The largest absolute Gasteiger partial charge is 0.361 e. The highest BCUT2D eigenvalue weighted by molar-refractivity contribution is 7.98. The van der Waals surface area contributed by atoms with E-state index in [0.717, 1.165) is 28.1 Å². The van der Waals surface area contributed by atoms with Crippen LogP contribution in [0.5, 0.6) is 0 Å². The standard InChI is InChI=1S/C15H15N3OS/c1-11-8-13(17-19-11)10-20-15-16-9-14(18(15)2)12-6-4-3-5-7-12/h3-9H,10H2,1-2H3. The second-order valence-electron chi connectivity index (χ2n) is 4.57. The number of benzene rings is 1. The molecule has 5 heteroatoms. The minimum Gasteiger partial charge on any atom is -0.361 e. The minimum absolute atomic E-state index is 0.760. The van der Waals surface area contributed by atoms with Crippen LogP contribution in [-0.2, 0) is 12.8 Å². The third-order valence-electron chi connectivity index (χ3n) is 3.04. The zero-order valence-electron chi connectivity index (χ0n) is 11.4. The van der Waals surface area contributed by atoms with Gasteiger partial charge < -0.3 is 9.09 Å². The van der Waals surface area contributed by atoms with Crippen molar-refractivity contribution in [1.29, 1.82) is 0 Å². The Bertz CT molecular complexity index is 703. The summed E-state index contributed by atoms with van der Waals surface area (Å²) < 4.78 is 7.17. The molecule has 3 aromatic rings. The molecule has 4 nitrogen and oxygen atoms in total. The quantitative estimate of drug-likeness (QED) is 0.686. The Labute approximate surface area is 121 Å². The number of imidazole rings is 1. The van der Waals surface area contributed by atoms with Crippen LogP contribution in [0.15, 0.2) is 52.3 Å². The van der Waals surface area contributed by atoms with Crippen LogP contribution in [0.25, 0.3) is 11.3 Å². The van der Waals surface area contributed by atoms with Gasteiger partial charge in [-0.15, -0.1) is 0 Å². The lowest BCUT2D eigenvalue weighted by molar-refractivity contribution is 0.393. The number of hydrogen-bond acceptors (Lipinski definition) is 4. The summed E-state index contributed by atoms with van der Waals surface area (Å²) in [6.07, 6.45) is 1.91. The highest BCUT2D eigenvalue weighted by Gasteiger charge is 2.10. The van der Waals surface area contributed by atoms with Crippen LogP contribution < -0.4 is 0 Å². The summed E-state index contributed by atoms with van der Waals surface area (Å²) in [5, 5.41) is 4.97. The first-order valence-corrected chi connectivity index (χ1v) is 7.35. The summed E-state index contributed by atoms with van der Waals surface area (Å²) in [6.45, 7) is 1.90. The average Bonchev–Trinajstić information content (AvgIpc) is 3.04. The van der Waals surface area contributed by atoms with E-state index in [9.17, 15) is 0 Å². The predicted octanol–water partition coefficient (Wildman–Crippen LogP) is 3.68. The maximum absolute atomic E-state index is 5.07. The van der Waals surface area contributed by atoms with E-state index in [1.54, 1.807) is 11.8 Å². The summed E-state index contributed by atoms with van der Waals surface area (Å²) >= 11 is 1.66. The third-order valence-corrected chi connectivity index (χ3v) is 4.12. The van der Waals surface area contributed by atoms with Crippen molar-refractivity contribution >= 4 is 11.8 Å². The first kappa shape index (κ1) is 13.0. The van der Waals surface area contributed by atoms with Gasteiger partial charge in [-0.3, -0.25) is 0 Å². The van der Waals surface area contributed by atoms with Gasteiger partial charge in [-0.2, -0.15) is 0 Å². The normalized spacial score (nSPS) is 10.9. The van der Waals surface area contributed by atoms with Crippen LogP contribution in [0.1, 0.15) is 11.5 Å². The molecular weight excluding hydrogens is 270 g/mol. The van der Waals surface area contributed by atoms with Gasteiger partial charge in [0.2, 0.25) is 0 Å². The van der Waals surface area contributed by atoms with Crippen molar-refractivity contribution in [1.82, 2.24) is 14.7 Å². The van der Waals surface area contributed by atoms with E-state index in [-0.39, 0.29) is 0 Å². The molecule has 0 aliphatic carbocycles. The Morgan fingerprint density at radius 2 is 2.05 bits per heavy atom. The topological polar surface area (TPSA) is 43.9 Å². The molecular formula is C15H15N3OS. The second-order valence-corrected chi connectivity index (χ2v) is 5.51. The summed E-state index contributed by atoms with van der Waals surface area (Å²) in [5.74, 6) is 1.60. The average molecular weight is 285 g/mol. The van der Waals surface area contributed by atoms with E-state index in [4.69, 9.17) is 4.52 Å². The van der Waals surface area contributed by atoms with Gasteiger partial charge in [-0.1, -0.05) is 47.3 Å². The lowest BCUT2D eigenvalue weighted by Crippen LogP contribution is -1.94. The third kappa shape index (κ3) is 2.63. The molecule has 0 spiro atoms. The zero-order valence-corrected chi connectivity index (χ0v) is 12.2. The van der Waals surface area contributed by atoms with Gasteiger partial charge in [0.05, 0.1) is 17.6 Å². The van der Waals surface area contributed by atoms with Gasteiger partial charge in [0.1, 0.15) is 5.76 Å². The van der Waals surface area contributed by atoms with Crippen molar-refractivity contribution in [2.24, 2.45) is 7.05 Å². The molecule has 102 valence electrons. The maximum Gasteiger partial charge on any atom is 0.168 e. The molecule has 0 amide bonds. The van der Waals surface area contributed by atoms with Crippen LogP contribution in [-0.4, -0.2) is 14.7 Å². The maximum atomic E-state index is 5.07. The van der Waals surface area contributed by atoms with Gasteiger partial charge >= 0.3 is 0 Å². The van der Waals surface area contributed by atoms with E-state index >= 15 is 0 Å². The summed E-state index contributed by atoms with van der Waals surface area (Å²) in [4.78, 5) is 4.48. The van der Waals surface area contributed by atoms with Crippen LogP contribution in [0.2, 0.25) is 0 Å². The minimum atomic E-state index is 0.760. The van der Waals surface area contributed by atoms with Crippen molar-refractivity contribution in [3.8, 4) is 11.3 Å². The number of aryl methyl sites for hydroxylation is 1. The van der Waals surface area contributed by atoms with Gasteiger partial charge in [-0.05, 0) is 12.5 Å². The lowest BCUT2D eigenvalue weighted by Gasteiger charge is -2.04. The highest BCUT2D eigenvalue weighted by Crippen LogP contribution is 2.26. The molecule has 0 aliphatic rings. The molecule has 0 aliphatic heterocycles. The summed E-state index contributed by atoms with van der Waals surface area (Å²) in [6, 6.07) is 12.2. The Kier molecular flexibility index (Phi) is 3.60. The fourth-order valence-corrected chi connectivity index (χ4v) is 2.86.